The van der Waals surface area contributed by atoms with Crippen molar-refractivity contribution in [2.24, 2.45) is 0 Å². The van der Waals surface area contributed by atoms with Crippen LogP contribution in [0.25, 0.3) is 11.5 Å². The molecule has 0 aromatic heterocycles. The number of aromatic nitrogens is 3. The predicted molar refractivity (Wildman–Crippen MR) is 38.8 cm³/mol. The lowest BCUT2D eigenvalue weighted by molar-refractivity contribution is 0.186. The van der Waals surface area contributed by atoms with Crippen molar-refractivity contribution in [3.8, 4) is 11.5 Å². The Balaban J connectivity index is 2.82. The van der Waals surface area contributed by atoms with Gasteiger partial charge in [-0.25, -0.2) is 9.97 Å². The first-order valence-corrected chi connectivity index (χ1v) is 3.33. The maximum atomic E-state index is 9.14. The summed E-state index contributed by atoms with van der Waals surface area (Å²) in [7, 11) is 0. The van der Waals surface area contributed by atoms with E-state index in [0.29, 0.717) is 16.5 Å². The molecular weight excluding hydrogens is 166 g/mol. The van der Waals surface area contributed by atoms with Gasteiger partial charge in [0.2, 0.25) is 0 Å². The zero-order valence-electron chi connectivity index (χ0n) is 5.40. The minimum atomic E-state index is 0.373. The van der Waals surface area contributed by atoms with Crippen LogP contribution >= 0.6 is 11.6 Å². The van der Waals surface area contributed by atoms with Crippen molar-refractivity contribution >= 4 is 11.6 Å². The van der Waals surface area contributed by atoms with Gasteiger partial charge in [-0.1, -0.05) is 11.6 Å². The quantitative estimate of drug-likeness (QED) is 0.605. The van der Waals surface area contributed by atoms with E-state index in [1.165, 1.54) is 12.5 Å². The van der Waals surface area contributed by atoms with Crippen LogP contribution in [0.1, 0.15) is 0 Å². The molecule has 0 atom stereocenters. The van der Waals surface area contributed by atoms with E-state index in [-0.39, 0.29) is 0 Å². The fourth-order valence-electron chi connectivity index (χ4n) is 0.882. The third kappa shape index (κ3) is 0.832. The van der Waals surface area contributed by atoms with E-state index < -0.39 is 0 Å². The predicted octanol–water partition coefficient (Wildman–Crippen LogP) is 1.27. The number of hydrogen-bond donors (Lipinski definition) is 1. The van der Waals surface area contributed by atoms with Gasteiger partial charge in [0.25, 0.3) is 0 Å². The van der Waals surface area contributed by atoms with Crippen molar-refractivity contribution in [2.75, 3.05) is 0 Å². The summed E-state index contributed by atoms with van der Waals surface area (Å²) in [6.45, 7) is 0. The Morgan fingerprint density at radius 3 is 3.00 bits per heavy atom. The number of pyridine rings is 1. The maximum absolute atomic E-state index is 9.14. The Morgan fingerprint density at radius 2 is 2.27 bits per heavy atom. The van der Waals surface area contributed by atoms with Crippen LogP contribution in [-0.2, 0) is 0 Å². The molecule has 2 heterocycles. The Labute approximate surface area is 67.4 Å². The fraction of sp³-hybridized carbons (Fsp3) is 0. The van der Waals surface area contributed by atoms with Gasteiger partial charge >= 0.3 is 0 Å². The van der Waals surface area contributed by atoms with Crippen molar-refractivity contribution in [2.45, 2.75) is 0 Å². The molecule has 0 spiro atoms. The summed E-state index contributed by atoms with van der Waals surface area (Å²) in [5.74, 6) is 0.373. The van der Waals surface area contributed by atoms with Gasteiger partial charge in [-0.15, -0.1) is 0 Å². The summed E-state index contributed by atoms with van der Waals surface area (Å²) < 4.78 is 0.883. The van der Waals surface area contributed by atoms with Gasteiger partial charge in [0, 0.05) is 6.20 Å². The van der Waals surface area contributed by atoms with Gasteiger partial charge in [0.05, 0.1) is 5.02 Å². The van der Waals surface area contributed by atoms with Crippen molar-refractivity contribution < 1.29 is 5.21 Å². The monoisotopic (exact) mass is 169 g/mol. The molecular formula is C6H4ClN3O. The lowest BCUT2D eigenvalue weighted by Crippen LogP contribution is -1.98. The normalized spacial score (nSPS) is 10.6. The highest BCUT2D eigenvalue weighted by Crippen LogP contribution is 2.24. The lowest BCUT2D eigenvalue weighted by Gasteiger charge is -2.02. The van der Waals surface area contributed by atoms with Gasteiger partial charge in [0.1, 0.15) is 12.0 Å². The molecule has 11 heavy (non-hydrogen) atoms. The van der Waals surface area contributed by atoms with Gasteiger partial charge in [-0.05, 0) is 6.07 Å². The highest BCUT2D eigenvalue weighted by atomic mass is 35.5. The van der Waals surface area contributed by atoms with Gasteiger partial charge < -0.3 is 5.21 Å². The average molecular weight is 170 g/mol. The first kappa shape index (κ1) is 6.42. The largest absolute Gasteiger partial charge is 0.427 e. The van der Waals surface area contributed by atoms with E-state index in [2.05, 4.69) is 9.97 Å². The SMILES string of the molecule is On1ccc(Cl)c2ncnc1-2. The van der Waals surface area contributed by atoms with E-state index >= 15 is 0 Å². The van der Waals surface area contributed by atoms with Crippen LogP contribution in [0.2, 0.25) is 5.02 Å². The highest BCUT2D eigenvalue weighted by Gasteiger charge is 2.12. The number of fused-ring (bicyclic) bond motifs is 1. The van der Waals surface area contributed by atoms with Crippen LogP contribution in [-0.4, -0.2) is 19.9 Å². The number of nitrogens with zero attached hydrogens (tertiary/aromatic N) is 3. The molecule has 0 fully saturated rings. The second-order valence-electron chi connectivity index (χ2n) is 2.05. The van der Waals surface area contributed by atoms with E-state index in [4.69, 9.17) is 16.8 Å². The molecule has 0 unspecified atom stereocenters. The zero-order valence-corrected chi connectivity index (χ0v) is 6.15. The standard InChI is InChI=1S/C6H4ClN3O/c7-4-1-2-10(11)6-5(4)8-3-9-6/h1-3,11H. The third-order valence-electron chi connectivity index (χ3n) is 1.38. The van der Waals surface area contributed by atoms with Gasteiger partial charge in [-0.3, -0.25) is 0 Å². The molecule has 0 aromatic rings. The van der Waals surface area contributed by atoms with Crippen molar-refractivity contribution in [3.05, 3.63) is 23.6 Å². The van der Waals surface area contributed by atoms with Crippen LogP contribution in [0.5, 0.6) is 0 Å². The first-order chi connectivity index (χ1) is 5.29. The van der Waals surface area contributed by atoms with Gasteiger partial charge in [-0.2, -0.15) is 4.73 Å². The minimum Gasteiger partial charge on any atom is -0.427 e. The number of rotatable bonds is 0. The summed E-state index contributed by atoms with van der Waals surface area (Å²) in [4.78, 5) is 7.65. The Morgan fingerprint density at radius 1 is 1.45 bits per heavy atom. The van der Waals surface area contributed by atoms with Crippen LogP contribution in [0, 0.1) is 0 Å². The third-order valence-corrected chi connectivity index (χ3v) is 1.69. The van der Waals surface area contributed by atoms with E-state index in [1.54, 1.807) is 6.07 Å². The topological polar surface area (TPSA) is 50.9 Å². The van der Waals surface area contributed by atoms with Crippen molar-refractivity contribution in [3.63, 3.8) is 0 Å². The molecule has 2 rings (SSSR count). The molecule has 0 amide bonds. The van der Waals surface area contributed by atoms with Crippen LogP contribution in [0.4, 0.5) is 0 Å². The molecule has 2 aliphatic heterocycles. The summed E-state index contributed by atoms with van der Waals surface area (Å²) in [5.41, 5.74) is 0.511. The van der Waals surface area contributed by atoms with Crippen LogP contribution < -0.4 is 0 Å². The molecule has 1 N–H and O–H groups in total. The summed E-state index contributed by atoms with van der Waals surface area (Å²) in [6, 6.07) is 1.55. The van der Waals surface area contributed by atoms with E-state index in [9.17, 15) is 0 Å². The molecule has 0 saturated heterocycles. The Hall–Kier alpha value is -1.29. The molecule has 4 nitrogen and oxygen atoms in total. The molecule has 0 aromatic carbocycles. The average Bonchev–Trinajstić information content (AvgIpc) is 2.45. The summed E-state index contributed by atoms with van der Waals surface area (Å²) in [5, 5.41) is 9.63. The first-order valence-electron chi connectivity index (χ1n) is 2.96. The lowest BCUT2D eigenvalue weighted by atomic mass is 10.3. The molecule has 0 saturated carbocycles. The number of hydrogen-bond acceptors (Lipinski definition) is 3. The van der Waals surface area contributed by atoms with Crippen molar-refractivity contribution in [1.29, 1.82) is 0 Å². The smallest absolute Gasteiger partial charge is 0.196 e. The molecule has 0 bridgehead atoms. The second kappa shape index (κ2) is 2.10. The van der Waals surface area contributed by atoms with E-state index in [0.717, 1.165) is 4.73 Å². The van der Waals surface area contributed by atoms with Gasteiger partial charge in [0.15, 0.2) is 5.82 Å². The second-order valence-corrected chi connectivity index (χ2v) is 2.46. The molecule has 56 valence electrons. The van der Waals surface area contributed by atoms with Crippen LogP contribution in [0.3, 0.4) is 0 Å². The fourth-order valence-corrected chi connectivity index (χ4v) is 1.07. The summed E-state index contributed by atoms with van der Waals surface area (Å²) >= 11 is 5.74. The number of imidazole rings is 1. The highest BCUT2D eigenvalue weighted by molar-refractivity contribution is 6.32. The Bertz CT molecular complexity index is 326. The summed E-state index contributed by atoms with van der Waals surface area (Å²) in [6.07, 6.45) is 2.77. The molecule has 0 aliphatic carbocycles. The molecule has 0 radical (unpaired) electrons. The van der Waals surface area contributed by atoms with Crippen molar-refractivity contribution in [1.82, 2.24) is 14.7 Å². The Kier molecular flexibility index (Phi) is 1.22. The number of halogens is 1. The molecule has 5 heteroatoms. The van der Waals surface area contributed by atoms with E-state index in [1.807, 2.05) is 0 Å². The molecule has 2 aliphatic rings. The maximum Gasteiger partial charge on any atom is 0.196 e. The zero-order chi connectivity index (χ0) is 7.84. The van der Waals surface area contributed by atoms with Crippen LogP contribution in [0.15, 0.2) is 18.6 Å². The minimum absolute atomic E-state index is 0.373.